The molecule has 0 saturated heterocycles. The van der Waals surface area contributed by atoms with E-state index in [1.807, 2.05) is 32.6 Å². The second-order valence-electron chi connectivity index (χ2n) is 4.80. The highest BCUT2D eigenvalue weighted by Gasteiger charge is 2.25. The van der Waals surface area contributed by atoms with E-state index >= 15 is 0 Å². The molecule has 1 amide bonds. The predicted octanol–water partition coefficient (Wildman–Crippen LogP) is 1.86. The summed E-state index contributed by atoms with van der Waals surface area (Å²) in [4.78, 5) is 19.2. The molecule has 0 aliphatic carbocycles. The summed E-state index contributed by atoms with van der Waals surface area (Å²) in [6, 6.07) is -0.278. The highest BCUT2D eigenvalue weighted by molar-refractivity contribution is 7.09. The Morgan fingerprint density at radius 1 is 1.47 bits per heavy atom. The van der Waals surface area contributed by atoms with Crippen LogP contribution in [0, 0.1) is 5.92 Å². The summed E-state index contributed by atoms with van der Waals surface area (Å²) in [5, 5.41) is 0. The van der Waals surface area contributed by atoms with Crippen LogP contribution in [-0.4, -0.2) is 27.9 Å². The number of amides is 1. The molecule has 96 valence electrons. The second-order valence-corrected chi connectivity index (χ2v) is 5.77. The van der Waals surface area contributed by atoms with Crippen LogP contribution in [0.3, 0.4) is 0 Å². The first-order valence-corrected chi connectivity index (χ1v) is 6.75. The van der Waals surface area contributed by atoms with Crippen molar-refractivity contribution in [1.82, 2.24) is 9.88 Å². The number of aromatic nitrogens is 1. The molecule has 2 N–H and O–H groups in total. The van der Waals surface area contributed by atoms with Crippen LogP contribution in [-0.2, 0) is 11.3 Å². The normalized spacial score (nSPS) is 13.1. The molecular weight excluding hydrogens is 234 g/mol. The van der Waals surface area contributed by atoms with Gasteiger partial charge in [0, 0.05) is 17.1 Å². The summed E-state index contributed by atoms with van der Waals surface area (Å²) < 4.78 is 0. The molecule has 1 atom stereocenters. The van der Waals surface area contributed by atoms with Gasteiger partial charge in [0.2, 0.25) is 5.91 Å². The topological polar surface area (TPSA) is 59.2 Å². The number of carbonyl (C=O) groups is 1. The Morgan fingerprint density at radius 3 is 2.53 bits per heavy atom. The van der Waals surface area contributed by atoms with Gasteiger partial charge in [0.15, 0.2) is 0 Å². The molecule has 1 rings (SSSR count). The minimum absolute atomic E-state index is 0.0170. The zero-order valence-corrected chi connectivity index (χ0v) is 11.7. The Labute approximate surface area is 107 Å². The van der Waals surface area contributed by atoms with Crippen molar-refractivity contribution in [1.29, 1.82) is 0 Å². The number of rotatable bonds is 5. The zero-order chi connectivity index (χ0) is 13.0. The molecule has 5 heteroatoms. The van der Waals surface area contributed by atoms with Gasteiger partial charge in [-0.3, -0.25) is 9.78 Å². The summed E-state index contributed by atoms with van der Waals surface area (Å²) in [7, 11) is 0. The van der Waals surface area contributed by atoms with Crippen LogP contribution in [0.5, 0.6) is 0 Å². The van der Waals surface area contributed by atoms with Gasteiger partial charge in [-0.1, -0.05) is 13.8 Å². The molecule has 0 aliphatic rings. The maximum absolute atomic E-state index is 12.2. The fourth-order valence-electron chi connectivity index (χ4n) is 1.48. The van der Waals surface area contributed by atoms with Crippen LogP contribution >= 0.6 is 11.3 Å². The third kappa shape index (κ3) is 3.78. The standard InChI is InChI=1S/C12H21N3OS/c1-8(2)11(13)12(16)15(9(3)4)6-10-5-14-7-17-10/h5,7-9,11H,6,13H2,1-4H3/t11-/m0/s1. The highest BCUT2D eigenvalue weighted by atomic mass is 32.1. The van der Waals surface area contributed by atoms with Crippen molar-refractivity contribution < 1.29 is 4.79 Å². The predicted molar refractivity (Wildman–Crippen MR) is 70.6 cm³/mol. The number of nitrogens with two attached hydrogens (primary N) is 1. The number of thiazole rings is 1. The molecule has 0 spiro atoms. The Balaban J connectivity index is 2.76. The van der Waals surface area contributed by atoms with E-state index in [-0.39, 0.29) is 17.9 Å². The van der Waals surface area contributed by atoms with E-state index in [2.05, 4.69) is 4.98 Å². The first-order chi connectivity index (χ1) is 7.93. The minimum Gasteiger partial charge on any atom is -0.334 e. The molecule has 17 heavy (non-hydrogen) atoms. The van der Waals surface area contributed by atoms with Gasteiger partial charge in [-0.25, -0.2) is 0 Å². The van der Waals surface area contributed by atoms with E-state index in [0.717, 1.165) is 4.88 Å². The first-order valence-electron chi connectivity index (χ1n) is 5.87. The van der Waals surface area contributed by atoms with E-state index in [1.54, 1.807) is 23.0 Å². The van der Waals surface area contributed by atoms with Gasteiger partial charge >= 0.3 is 0 Å². The van der Waals surface area contributed by atoms with Crippen LogP contribution in [0.25, 0.3) is 0 Å². The van der Waals surface area contributed by atoms with Crippen LogP contribution < -0.4 is 5.73 Å². The second kappa shape index (κ2) is 6.12. The van der Waals surface area contributed by atoms with E-state index < -0.39 is 6.04 Å². The van der Waals surface area contributed by atoms with Crippen LogP contribution in [0.4, 0.5) is 0 Å². The van der Waals surface area contributed by atoms with Crippen LogP contribution in [0.1, 0.15) is 32.6 Å². The van der Waals surface area contributed by atoms with Gasteiger partial charge in [0.1, 0.15) is 0 Å². The van der Waals surface area contributed by atoms with Crippen molar-refractivity contribution in [2.75, 3.05) is 0 Å². The lowest BCUT2D eigenvalue weighted by atomic mass is 10.0. The van der Waals surface area contributed by atoms with Gasteiger partial charge in [-0.15, -0.1) is 11.3 Å². The summed E-state index contributed by atoms with van der Waals surface area (Å²) in [6.07, 6.45) is 1.80. The molecule has 0 aliphatic heterocycles. The fraction of sp³-hybridized carbons (Fsp3) is 0.667. The SMILES string of the molecule is CC(C)[C@H](N)C(=O)N(Cc1cncs1)C(C)C. The van der Waals surface area contributed by atoms with Crippen molar-refractivity contribution in [2.24, 2.45) is 11.7 Å². The molecule has 1 heterocycles. The minimum atomic E-state index is -0.426. The van der Waals surface area contributed by atoms with Gasteiger partial charge < -0.3 is 10.6 Å². The monoisotopic (exact) mass is 255 g/mol. The van der Waals surface area contributed by atoms with Crippen molar-refractivity contribution in [3.05, 3.63) is 16.6 Å². The average Bonchev–Trinajstić information content (AvgIpc) is 2.76. The van der Waals surface area contributed by atoms with Crippen molar-refractivity contribution in [2.45, 2.75) is 46.3 Å². The largest absolute Gasteiger partial charge is 0.334 e. The Kier molecular flexibility index (Phi) is 5.08. The van der Waals surface area contributed by atoms with Crippen LogP contribution in [0.15, 0.2) is 11.7 Å². The van der Waals surface area contributed by atoms with Gasteiger partial charge in [-0.05, 0) is 19.8 Å². The van der Waals surface area contributed by atoms with Crippen molar-refractivity contribution >= 4 is 17.2 Å². The summed E-state index contributed by atoms with van der Waals surface area (Å²) >= 11 is 1.56. The Bertz CT molecular complexity index is 349. The molecule has 1 aromatic heterocycles. The molecule has 0 aromatic carbocycles. The Morgan fingerprint density at radius 2 is 2.12 bits per heavy atom. The molecule has 0 saturated carbocycles. The lowest BCUT2D eigenvalue weighted by Crippen LogP contribution is -2.48. The summed E-state index contributed by atoms with van der Waals surface area (Å²) in [6.45, 7) is 8.54. The third-order valence-electron chi connectivity index (χ3n) is 2.72. The number of nitrogens with zero attached hydrogens (tertiary/aromatic N) is 2. The van der Waals surface area contributed by atoms with E-state index in [9.17, 15) is 4.79 Å². The molecular formula is C12H21N3OS. The van der Waals surface area contributed by atoms with Crippen LogP contribution in [0.2, 0.25) is 0 Å². The summed E-state index contributed by atoms with van der Waals surface area (Å²) in [5.74, 6) is 0.175. The zero-order valence-electron chi connectivity index (χ0n) is 10.9. The van der Waals surface area contributed by atoms with E-state index in [0.29, 0.717) is 6.54 Å². The number of carbonyl (C=O) groups excluding carboxylic acids is 1. The van der Waals surface area contributed by atoms with Crippen molar-refractivity contribution in [3.8, 4) is 0 Å². The lowest BCUT2D eigenvalue weighted by Gasteiger charge is -2.30. The van der Waals surface area contributed by atoms with Gasteiger partial charge in [0.05, 0.1) is 18.1 Å². The lowest BCUT2D eigenvalue weighted by molar-refractivity contribution is -0.135. The summed E-state index contributed by atoms with van der Waals surface area (Å²) in [5.41, 5.74) is 7.70. The number of hydrogen-bond acceptors (Lipinski definition) is 4. The molecule has 0 radical (unpaired) electrons. The van der Waals surface area contributed by atoms with E-state index in [1.165, 1.54) is 0 Å². The maximum atomic E-state index is 12.2. The van der Waals surface area contributed by atoms with Gasteiger partial charge in [0.25, 0.3) is 0 Å². The van der Waals surface area contributed by atoms with E-state index in [4.69, 9.17) is 5.73 Å². The van der Waals surface area contributed by atoms with Crippen molar-refractivity contribution in [3.63, 3.8) is 0 Å². The highest BCUT2D eigenvalue weighted by Crippen LogP contribution is 2.14. The molecule has 0 fully saturated rings. The van der Waals surface area contributed by atoms with Gasteiger partial charge in [-0.2, -0.15) is 0 Å². The first kappa shape index (κ1) is 14.1. The average molecular weight is 255 g/mol. The quantitative estimate of drug-likeness (QED) is 0.873. The number of hydrogen-bond donors (Lipinski definition) is 1. The molecule has 1 aromatic rings. The Hall–Kier alpha value is -0.940. The third-order valence-corrected chi connectivity index (χ3v) is 3.48. The molecule has 4 nitrogen and oxygen atoms in total. The fourth-order valence-corrected chi connectivity index (χ4v) is 2.07. The molecule has 0 bridgehead atoms. The maximum Gasteiger partial charge on any atom is 0.240 e. The molecule has 0 unspecified atom stereocenters. The smallest absolute Gasteiger partial charge is 0.240 e.